The van der Waals surface area contributed by atoms with E-state index in [2.05, 4.69) is 26.2 Å². The lowest BCUT2D eigenvalue weighted by Crippen LogP contribution is -2.09. The minimum absolute atomic E-state index is 0.220. The van der Waals surface area contributed by atoms with Crippen molar-refractivity contribution in [1.82, 2.24) is 15.0 Å². The summed E-state index contributed by atoms with van der Waals surface area (Å²) in [5.41, 5.74) is 6.13. The average Bonchev–Trinajstić information content (AvgIpc) is 2.80. The summed E-state index contributed by atoms with van der Waals surface area (Å²) in [6, 6.07) is 4.66. The summed E-state index contributed by atoms with van der Waals surface area (Å²) in [6.45, 7) is 1.15. The van der Waals surface area contributed by atoms with Crippen LogP contribution in [0.1, 0.15) is 5.69 Å². The Morgan fingerprint density at radius 3 is 2.94 bits per heavy atom. The molecular weight excluding hydrogens is 303 g/mol. The van der Waals surface area contributed by atoms with E-state index in [1.165, 1.54) is 6.07 Å². The maximum Gasteiger partial charge on any atom is 0.166 e. The number of halogens is 2. The van der Waals surface area contributed by atoms with Crippen LogP contribution in [-0.2, 0) is 13.1 Å². The van der Waals surface area contributed by atoms with Gasteiger partial charge < -0.3 is 10.5 Å². The average molecular weight is 315 g/mol. The highest BCUT2D eigenvalue weighted by Gasteiger charge is 2.04. The van der Waals surface area contributed by atoms with Crippen LogP contribution >= 0.6 is 15.9 Å². The Balaban J connectivity index is 1.88. The molecule has 2 aromatic rings. The molecule has 0 saturated carbocycles. The number of benzene rings is 1. The van der Waals surface area contributed by atoms with Crippen molar-refractivity contribution < 1.29 is 9.13 Å². The van der Waals surface area contributed by atoms with Crippen LogP contribution in [0.2, 0.25) is 0 Å². The molecule has 0 spiro atoms. The molecule has 7 heteroatoms. The molecule has 1 aromatic heterocycles. The number of nitrogens with zero attached hydrogens (tertiary/aromatic N) is 3. The van der Waals surface area contributed by atoms with Gasteiger partial charge in [0.2, 0.25) is 0 Å². The second-order valence-corrected chi connectivity index (χ2v) is 4.52. The zero-order valence-corrected chi connectivity index (χ0v) is 11.1. The number of rotatable bonds is 5. The van der Waals surface area contributed by atoms with Gasteiger partial charge in [0.05, 0.1) is 12.2 Å². The summed E-state index contributed by atoms with van der Waals surface area (Å²) in [7, 11) is 0. The number of hydrogen-bond acceptors (Lipinski definition) is 4. The summed E-state index contributed by atoms with van der Waals surface area (Å²) < 4.78 is 21.0. The molecule has 0 atom stereocenters. The van der Waals surface area contributed by atoms with Crippen LogP contribution in [0.5, 0.6) is 5.75 Å². The lowest BCUT2D eigenvalue weighted by molar-refractivity contribution is 0.277. The third-order valence-electron chi connectivity index (χ3n) is 2.27. The van der Waals surface area contributed by atoms with E-state index in [0.29, 0.717) is 29.9 Å². The van der Waals surface area contributed by atoms with Crippen molar-refractivity contribution in [2.45, 2.75) is 13.1 Å². The van der Waals surface area contributed by atoms with Gasteiger partial charge in [0, 0.05) is 17.2 Å². The monoisotopic (exact) mass is 314 g/mol. The van der Waals surface area contributed by atoms with E-state index in [-0.39, 0.29) is 5.75 Å². The molecule has 2 rings (SSSR count). The summed E-state index contributed by atoms with van der Waals surface area (Å²) in [4.78, 5) is 0. The summed E-state index contributed by atoms with van der Waals surface area (Å²) in [6.07, 6.45) is 1.74. The lowest BCUT2D eigenvalue weighted by atomic mass is 10.3. The Labute approximate surface area is 112 Å². The van der Waals surface area contributed by atoms with E-state index in [1.807, 2.05) is 0 Å². The van der Waals surface area contributed by atoms with Gasteiger partial charge in [-0.25, -0.2) is 9.07 Å². The number of hydrogen-bond donors (Lipinski definition) is 1. The first-order valence-electron chi connectivity index (χ1n) is 5.36. The first-order chi connectivity index (χ1) is 8.69. The number of aromatic nitrogens is 3. The molecule has 0 amide bonds. The van der Waals surface area contributed by atoms with Gasteiger partial charge in [-0.15, -0.1) is 5.10 Å². The molecule has 18 heavy (non-hydrogen) atoms. The third kappa shape index (κ3) is 3.27. The molecule has 0 unspecified atom stereocenters. The van der Waals surface area contributed by atoms with Gasteiger partial charge in [-0.2, -0.15) is 0 Å². The van der Waals surface area contributed by atoms with Crippen molar-refractivity contribution in [2.75, 3.05) is 6.61 Å². The Hall–Kier alpha value is -1.47. The normalized spacial score (nSPS) is 10.6. The van der Waals surface area contributed by atoms with Crippen molar-refractivity contribution in [2.24, 2.45) is 5.73 Å². The van der Waals surface area contributed by atoms with Gasteiger partial charge in [-0.3, -0.25) is 0 Å². The molecule has 96 valence electrons. The fourth-order valence-corrected chi connectivity index (χ4v) is 1.72. The van der Waals surface area contributed by atoms with Crippen molar-refractivity contribution in [3.8, 4) is 5.75 Å². The smallest absolute Gasteiger partial charge is 0.166 e. The number of nitrogens with two attached hydrogens (primary N) is 1. The molecule has 1 heterocycles. The van der Waals surface area contributed by atoms with Crippen LogP contribution in [0.15, 0.2) is 28.9 Å². The lowest BCUT2D eigenvalue weighted by Gasteiger charge is -2.07. The van der Waals surface area contributed by atoms with Gasteiger partial charge in [-0.1, -0.05) is 21.1 Å². The minimum Gasteiger partial charge on any atom is -0.489 e. The predicted octanol–water partition coefficient (Wildman–Crippen LogP) is 1.72. The van der Waals surface area contributed by atoms with Crippen LogP contribution in [0.4, 0.5) is 4.39 Å². The molecule has 5 nitrogen and oxygen atoms in total. The van der Waals surface area contributed by atoms with Gasteiger partial charge in [-0.05, 0) is 18.2 Å². The van der Waals surface area contributed by atoms with E-state index >= 15 is 0 Å². The van der Waals surface area contributed by atoms with E-state index in [4.69, 9.17) is 10.5 Å². The molecule has 0 radical (unpaired) electrons. The highest BCUT2D eigenvalue weighted by atomic mass is 79.9. The van der Waals surface area contributed by atoms with Crippen LogP contribution in [-0.4, -0.2) is 21.6 Å². The Morgan fingerprint density at radius 1 is 1.44 bits per heavy atom. The molecular formula is C11H12BrFN4O. The van der Waals surface area contributed by atoms with Crippen molar-refractivity contribution in [3.05, 3.63) is 40.4 Å². The standard InChI is InChI=1S/C11H12BrFN4O/c12-8-1-2-11(10(13)5-8)18-4-3-17-7-9(6-14)15-16-17/h1-2,5,7H,3-4,6,14H2. The zero-order valence-electron chi connectivity index (χ0n) is 9.51. The van der Waals surface area contributed by atoms with E-state index in [9.17, 15) is 4.39 Å². The second kappa shape index (κ2) is 5.92. The number of ether oxygens (including phenoxy) is 1. The topological polar surface area (TPSA) is 66.0 Å². The van der Waals surface area contributed by atoms with Gasteiger partial charge in [0.25, 0.3) is 0 Å². The molecule has 0 fully saturated rings. The summed E-state index contributed by atoms with van der Waals surface area (Å²) in [5.74, 6) is -0.178. The molecule has 0 aliphatic heterocycles. The van der Waals surface area contributed by atoms with Gasteiger partial charge in [0.15, 0.2) is 11.6 Å². The Bertz CT molecular complexity index is 532. The van der Waals surface area contributed by atoms with Crippen LogP contribution in [0.25, 0.3) is 0 Å². The zero-order chi connectivity index (χ0) is 13.0. The maximum atomic E-state index is 13.4. The Morgan fingerprint density at radius 2 is 2.28 bits per heavy atom. The summed E-state index contributed by atoms with van der Waals surface area (Å²) in [5, 5.41) is 7.70. The van der Waals surface area contributed by atoms with Crippen molar-refractivity contribution in [3.63, 3.8) is 0 Å². The summed E-state index contributed by atoms with van der Waals surface area (Å²) >= 11 is 3.18. The predicted molar refractivity (Wildman–Crippen MR) is 67.5 cm³/mol. The molecule has 0 saturated heterocycles. The second-order valence-electron chi connectivity index (χ2n) is 3.60. The molecule has 2 N–H and O–H groups in total. The van der Waals surface area contributed by atoms with Gasteiger partial charge >= 0.3 is 0 Å². The molecule has 0 bridgehead atoms. The Kier molecular flexibility index (Phi) is 4.27. The largest absolute Gasteiger partial charge is 0.489 e. The minimum atomic E-state index is -0.398. The van der Waals surface area contributed by atoms with E-state index in [1.54, 1.807) is 23.0 Å². The third-order valence-corrected chi connectivity index (χ3v) is 2.76. The van der Waals surface area contributed by atoms with Crippen LogP contribution in [0, 0.1) is 5.82 Å². The highest BCUT2D eigenvalue weighted by molar-refractivity contribution is 9.10. The van der Waals surface area contributed by atoms with Crippen LogP contribution < -0.4 is 10.5 Å². The molecule has 0 aliphatic rings. The highest BCUT2D eigenvalue weighted by Crippen LogP contribution is 2.21. The maximum absolute atomic E-state index is 13.4. The fraction of sp³-hybridized carbons (Fsp3) is 0.273. The van der Waals surface area contributed by atoms with Crippen molar-refractivity contribution in [1.29, 1.82) is 0 Å². The van der Waals surface area contributed by atoms with E-state index in [0.717, 1.165) is 0 Å². The first-order valence-corrected chi connectivity index (χ1v) is 6.15. The van der Waals surface area contributed by atoms with E-state index < -0.39 is 5.82 Å². The molecule has 0 aliphatic carbocycles. The quantitative estimate of drug-likeness (QED) is 0.912. The van der Waals surface area contributed by atoms with Gasteiger partial charge in [0.1, 0.15) is 6.61 Å². The van der Waals surface area contributed by atoms with Crippen molar-refractivity contribution >= 4 is 15.9 Å². The fourth-order valence-electron chi connectivity index (χ4n) is 1.38. The van der Waals surface area contributed by atoms with Crippen LogP contribution in [0.3, 0.4) is 0 Å². The SMILES string of the molecule is NCc1cn(CCOc2ccc(Br)cc2F)nn1. The molecule has 1 aromatic carbocycles. The first kappa shape index (κ1) is 13.0.